The average Bonchev–Trinajstić information content (AvgIpc) is 2.76. The minimum atomic E-state index is 0.507. The summed E-state index contributed by atoms with van der Waals surface area (Å²) in [5.41, 5.74) is 1.20. The van der Waals surface area contributed by atoms with Crippen LogP contribution in [0.1, 0.15) is 51.8 Å². The molecular weight excluding hydrogens is 198 g/mol. The van der Waals surface area contributed by atoms with E-state index < -0.39 is 0 Å². The minimum Gasteiger partial charge on any atom is -0.317 e. The fourth-order valence-electron chi connectivity index (χ4n) is 1.87. The summed E-state index contributed by atoms with van der Waals surface area (Å²) in [6.07, 6.45) is 6.70. The van der Waals surface area contributed by atoms with E-state index in [2.05, 4.69) is 48.1 Å². The minimum absolute atomic E-state index is 0.507. The van der Waals surface area contributed by atoms with Crippen LogP contribution in [0.3, 0.4) is 0 Å². The summed E-state index contributed by atoms with van der Waals surface area (Å²) in [4.78, 5) is 0. The van der Waals surface area contributed by atoms with Gasteiger partial charge in [0.2, 0.25) is 0 Å². The second-order valence-corrected chi connectivity index (χ2v) is 4.52. The molecule has 0 fully saturated rings. The number of aromatic nitrogens is 2. The molecule has 0 saturated heterocycles. The van der Waals surface area contributed by atoms with Crippen LogP contribution in [0.25, 0.3) is 0 Å². The second-order valence-electron chi connectivity index (χ2n) is 4.52. The quantitative estimate of drug-likeness (QED) is 0.770. The van der Waals surface area contributed by atoms with Gasteiger partial charge in [0.05, 0.1) is 5.69 Å². The van der Waals surface area contributed by atoms with E-state index in [1.165, 1.54) is 18.5 Å². The molecule has 3 heteroatoms. The molecule has 2 atom stereocenters. The van der Waals surface area contributed by atoms with Crippen molar-refractivity contribution in [1.82, 2.24) is 15.1 Å². The van der Waals surface area contributed by atoms with Crippen LogP contribution in [0, 0.1) is 0 Å². The van der Waals surface area contributed by atoms with E-state index in [1.54, 1.807) is 0 Å². The van der Waals surface area contributed by atoms with Gasteiger partial charge in [0, 0.05) is 24.7 Å². The SMILES string of the molecule is CCCC(Cc1ccn(C(C)CC)n1)NC. The number of nitrogens with one attached hydrogen (secondary N) is 1. The molecule has 0 aliphatic rings. The molecule has 1 N–H and O–H groups in total. The first-order valence-electron chi connectivity index (χ1n) is 6.42. The van der Waals surface area contributed by atoms with Crippen molar-refractivity contribution in [2.45, 2.75) is 58.5 Å². The number of nitrogens with zero attached hydrogens (tertiary/aromatic N) is 2. The van der Waals surface area contributed by atoms with Crippen molar-refractivity contribution in [2.24, 2.45) is 0 Å². The zero-order chi connectivity index (χ0) is 12.0. The van der Waals surface area contributed by atoms with E-state index in [-0.39, 0.29) is 0 Å². The maximum Gasteiger partial charge on any atom is 0.0640 e. The molecule has 3 nitrogen and oxygen atoms in total. The van der Waals surface area contributed by atoms with Crippen LogP contribution in [0.5, 0.6) is 0 Å². The maximum absolute atomic E-state index is 4.63. The van der Waals surface area contributed by atoms with Crippen molar-refractivity contribution in [3.63, 3.8) is 0 Å². The Morgan fingerprint density at radius 1 is 1.44 bits per heavy atom. The normalized spacial score (nSPS) is 15.0. The van der Waals surface area contributed by atoms with Crippen molar-refractivity contribution in [3.05, 3.63) is 18.0 Å². The third-order valence-electron chi connectivity index (χ3n) is 3.21. The van der Waals surface area contributed by atoms with E-state index >= 15 is 0 Å². The lowest BCUT2D eigenvalue weighted by molar-refractivity contribution is 0.462. The number of hydrogen-bond acceptors (Lipinski definition) is 2. The Kier molecular flexibility index (Phi) is 5.53. The van der Waals surface area contributed by atoms with Gasteiger partial charge in [-0.1, -0.05) is 20.3 Å². The molecule has 0 bridgehead atoms. The number of hydrogen-bond donors (Lipinski definition) is 1. The smallest absolute Gasteiger partial charge is 0.0640 e. The van der Waals surface area contributed by atoms with Crippen LogP contribution < -0.4 is 5.32 Å². The molecule has 1 aromatic rings. The Hall–Kier alpha value is -0.830. The molecule has 92 valence electrons. The zero-order valence-corrected chi connectivity index (χ0v) is 11.0. The van der Waals surface area contributed by atoms with Crippen LogP contribution in [-0.2, 0) is 6.42 Å². The van der Waals surface area contributed by atoms with E-state index in [0.29, 0.717) is 12.1 Å². The molecule has 0 spiro atoms. The molecule has 16 heavy (non-hydrogen) atoms. The highest BCUT2D eigenvalue weighted by atomic mass is 15.3. The standard InChI is InChI=1S/C13H25N3/c1-5-7-12(14-4)10-13-8-9-16(15-13)11(3)6-2/h8-9,11-12,14H,5-7,10H2,1-4H3. The molecule has 0 aliphatic carbocycles. The topological polar surface area (TPSA) is 29.9 Å². The summed E-state index contributed by atoms with van der Waals surface area (Å²) >= 11 is 0. The Morgan fingerprint density at radius 2 is 2.19 bits per heavy atom. The van der Waals surface area contributed by atoms with Crippen molar-refractivity contribution in [3.8, 4) is 0 Å². The molecule has 1 aromatic heterocycles. The molecule has 0 aromatic carbocycles. The van der Waals surface area contributed by atoms with Crippen LogP contribution in [-0.4, -0.2) is 22.9 Å². The van der Waals surface area contributed by atoms with Gasteiger partial charge in [-0.2, -0.15) is 5.10 Å². The van der Waals surface area contributed by atoms with Gasteiger partial charge in [0.25, 0.3) is 0 Å². The third-order valence-corrected chi connectivity index (χ3v) is 3.21. The molecular formula is C13H25N3. The van der Waals surface area contributed by atoms with Crippen LogP contribution in [0.2, 0.25) is 0 Å². The van der Waals surface area contributed by atoms with E-state index in [1.807, 2.05) is 7.05 Å². The van der Waals surface area contributed by atoms with E-state index in [0.717, 1.165) is 12.8 Å². The molecule has 2 unspecified atom stereocenters. The first-order valence-corrected chi connectivity index (χ1v) is 6.42. The monoisotopic (exact) mass is 223 g/mol. The van der Waals surface area contributed by atoms with Gasteiger partial charge in [0.15, 0.2) is 0 Å². The first-order chi connectivity index (χ1) is 7.71. The predicted octanol–water partition coefficient (Wildman–Crippen LogP) is 2.78. The number of likely N-dealkylation sites (N-methyl/N-ethyl adjacent to an activating group) is 1. The lowest BCUT2D eigenvalue weighted by atomic mass is 10.1. The van der Waals surface area contributed by atoms with Gasteiger partial charge in [-0.3, -0.25) is 4.68 Å². The molecule has 1 heterocycles. The Bertz CT molecular complexity index is 293. The molecule has 0 amide bonds. The van der Waals surface area contributed by atoms with Crippen molar-refractivity contribution in [2.75, 3.05) is 7.05 Å². The maximum atomic E-state index is 4.63. The Morgan fingerprint density at radius 3 is 2.75 bits per heavy atom. The Balaban J connectivity index is 2.56. The fraction of sp³-hybridized carbons (Fsp3) is 0.769. The fourth-order valence-corrected chi connectivity index (χ4v) is 1.87. The third kappa shape index (κ3) is 3.63. The van der Waals surface area contributed by atoms with Gasteiger partial charge in [-0.05, 0) is 32.9 Å². The van der Waals surface area contributed by atoms with Gasteiger partial charge in [-0.25, -0.2) is 0 Å². The Labute approximate surface area is 99.2 Å². The summed E-state index contributed by atoms with van der Waals surface area (Å²) < 4.78 is 2.08. The number of rotatable bonds is 7. The van der Waals surface area contributed by atoms with Gasteiger partial charge >= 0.3 is 0 Å². The summed E-state index contributed by atoms with van der Waals surface area (Å²) in [5.74, 6) is 0. The summed E-state index contributed by atoms with van der Waals surface area (Å²) in [6, 6.07) is 3.21. The zero-order valence-electron chi connectivity index (χ0n) is 11.0. The first kappa shape index (κ1) is 13.2. The van der Waals surface area contributed by atoms with Crippen molar-refractivity contribution >= 4 is 0 Å². The highest BCUT2D eigenvalue weighted by Crippen LogP contribution is 2.11. The van der Waals surface area contributed by atoms with Crippen molar-refractivity contribution < 1.29 is 0 Å². The van der Waals surface area contributed by atoms with E-state index in [4.69, 9.17) is 0 Å². The predicted molar refractivity (Wildman–Crippen MR) is 68.7 cm³/mol. The largest absolute Gasteiger partial charge is 0.317 e. The van der Waals surface area contributed by atoms with Gasteiger partial charge in [0.1, 0.15) is 0 Å². The van der Waals surface area contributed by atoms with Crippen LogP contribution in [0.4, 0.5) is 0 Å². The second kappa shape index (κ2) is 6.69. The van der Waals surface area contributed by atoms with Crippen molar-refractivity contribution in [1.29, 1.82) is 0 Å². The summed E-state index contributed by atoms with van der Waals surface area (Å²) in [5, 5.41) is 7.98. The average molecular weight is 223 g/mol. The summed E-state index contributed by atoms with van der Waals surface area (Å²) in [6.45, 7) is 6.62. The summed E-state index contributed by atoms with van der Waals surface area (Å²) in [7, 11) is 2.03. The highest BCUT2D eigenvalue weighted by molar-refractivity contribution is 5.02. The molecule has 0 saturated carbocycles. The van der Waals surface area contributed by atoms with E-state index in [9.17, 15) is 0 Å². The van der Waals surface area contributed by atoms with Crippen LogP contribution >= 0.6 is 0 Å². The van der Waals surface area contributed by atoms with Gasteiger partial charge < -0.3 is 5.32 Å². The lowest BCUT2D eigenvalue weighted by Crippen LogP contribution is -2.27. The lowest BCUT2D eigenvalue weighted by Gasteiger charge is -2.13. The van der Waals surface area contributed by atoms with Gasteiger partial charge in [-0.15, -0.1) is 0 Å². The molecule has 0 radical (unpaired) electrons. The molecule has 1 rings (SSSR count). The molecule has 0 aliphatic heterocycles. The van der Waals surface area contributed by atoms with Crippen LogP contribution in [0.15, 0.2) is 12.3 Å². The highest BCUT2D eigenvalue weighted by Gasteiger charge is 2.09.